The number of benzene rings is 1. The highest BCUT2D eigenvalue weighted by atomic mass is 16.5. The Morgan fingerprint density at radius 1 is 1.15 bits per heavy atom. The van der Waals surface area contributed by atoms with Gasteiger partial charge in [0, 0.05) is 17.6 Å². The molecule has 0 amide bonds. The minimum absolute atomic E-state index is 0.221. The number of methoxy groups -OCH3 is 1. The summed E-state index contributed by atoms with van der Waals surface area (Å²) < 4.78 is 11.4. The summed E-state index contributed by atoms with van der Waals surface area (Å²) >= 11 is 0. The van der Waals surface area contributed by atoms with Crippen molar-refractivity contribution in [1.29, 1.82) is 0 Å². The van der Waals surface area contributed by atoms with Crippen LogP contribution in [0.1, 0.15) is 25.7 Å². The van der Waals surface area contributed by atoms with Crippen LogP contribution in [0, 0.1) is 0 Å². The van der Waals surface area contributed by atoms with Gasteiger partial charge in [-0.05, 0) is 49.3 Å². The van der Waals surface area contributed by atoms with Crippen molar-refractivity contribution in [3.8, 4) is 11.6 Å². The van der Waals surface area contributed by atoms with E-state index in [0.29, 0.717) is 11.9 Å². The molecule has 1 aromatic heterocycles. The molecule has 0 aliphatic heterocycles. The number of aromatic nitrogens is 1. The van der Waals surface area contributed by atoms with Crippen LogP contribution in [0.25, 0.3) is 10.8 Å². The van der Waals surface area contributed by atoms with E-state index in [1.54, 1.807) is 13.3 Å². The van der Waals surface area contributed by atoms with Gasteiger partial charge in [-0.2, -0.15) is 0 Å². The number of hydrogen-bond acceptors (Lipinski definition) is 4. The average molecular weight is 272 g/mol. The van der Waals surface area contributed by atoms with E-state index in [9.17, 15) is 0 Å². The molecule has 0 atom stereocenters. The van der Waals surface area contributed by atoms with Gasteiger partial charge in [-0.25, -0.2) is 4.98 Å². The molecule has 2 aromatic rings. The van der Waals surface area contributed by atoms with Crippen molar-refractivity contribution in [1.82, 2.24) is 4.98 Å². The van der Waals surface area contributed by atoms with Gasteiger partial charge in [0.25, 0.3) is 0 Å². The number of ether oxygens (including phenoxy) is 2. The Kier molecular flexibility index (Phi) is 3.74. The van der Waals surface area contributed by atoms with Gasteiger partial charge >= 0.3 is 0 Å². The van der Waals surface area contributed by atoms with Crippen LogP contribution >= 0.6 is 0 Å². The smallest absolute Gasteiger partial charge is 0.221 e. The molecule has 1 heterocycles. The van der Waals surface area contributed by atoms with E-state index in [0.717, 1.165) is 42.2 Å². The number of fused-ring (bicyclic) bond motifs is 1. The first-order valence-electron chi connectivity index (χ1n) is 7.11. The SMILES string of the molecule is COc1ccc2ccnc(OC3CCC(N)CC3)c2c1. The Hall–Kier alpha value is -1.81. The van der Waals surface area contributed by atoms with Gasteiger partial charge in [0.15, 0.2) is 0 Å². The minimum Gasteiger partial charge on any atom is -0.497 e. The predicted molar refractivity (Wildman–Crippen MR) is 79.2 cm³/mol. The second-order valence-corrected chi connectivity index (χ2v) is 5.36. The van der Waals surface area contributed by atoms with Gasteiger partial charge in [0.1, 0.15) is 11.9 Å². The van der Waals surface area contributed by atoms with Crippen molar-refractivity contribution in [2.45, 2.75) is 37.8 Å². The fourth-order valence-corrected chi connectivity index (χ4v) is 2.71. The third-order valence-corrected chi connectivity index (χ3v) is 3.93. The van der Waals surface area contributed by atoms with Crippen LogP contribution in [0.2, 0.25) is 0 Å². The molecule has 0 bridgehead atoms. The van der Waals surface area contributed by atoms with Gasteiger partial charge in [-0.3, -0.25) is 0 Å². The maximum atomic E-state index is 6.09. The molecule has 0 saturated heterocycles. The van der Waals surface area contributed by atoms with Crippen molar-refractivity contribution in [3.05, 3.63) is 30.5 Å². The monoisotopic (exact) mass is 272 g/mol. The van der Waals surface area contributed by atoms with Crippen LogP contribution in [0.15, 0.2) is 30.5 Å². The normalized spacial score (nSPS) is 22.7. The molecule has 0 radical (unpaired) electrons. The molecule has 1 aliphatic rings. The molecule has 4 heteroatoms. The lowest BCUT2D eigenvalue weighted by Crippen LogP contribution is -2.31. The summed E-state index contributed by atoms with van der Waals surface area (Å²) in [5.74, 6) is 1.52. The molecule has 1 fully saturated rings. The third-order valence-electron chi connectivity index (χ3n) is 3.93. The molecule has 20 heavy (non-hydrogen) atoms. The lowest BCUT2D eigenvalue weighted by Gasteiger charge is -2.26. The second kappa shape index (κ2) is 5.67. The summed E-state index contributed by atoms with van der Waals surface area (Å²) in [6.45, 7) is 0. The quantitative estimate of drug-likeness (QED) is 0.933. The molecule has 4 nitrogen and oxygen atoms in total. The van der Waals surface area contributed by atoms with Crippen LogP contribution in [-0.4, -0.2) is 24.2 Å². The Balaban J connectivity index is 1.86. The third kappa shape index (κ3) is 2.70. The predicted octanol–water partition coefficient (Wildman–Crippen LogP) is 2.89. The van der Waals surface area contributed by atoms with Gasteiger partial charge < -0.3 is 15.2 Å². The highest BCUT2D eigenvalue weighted by Crippen LogP contribution is 2.30. The fraction of sp³-hybridized carbons (Fsp3) is 0.438. The van der Waals surface area contributed by atoms with Gasteiger partial charge in [0.2, 0.25) is 5.88 Å². The lowest BCUT2D eigenvalue weighted by atomic mass is 9.94. The van der Waals surface area contributed by atoms with E-state index >= 15 is 0 Å². The molecular formula is C16H20N2O2. The number of hydrogen-bond donors (Lipinski definition) is 1. The topological polar surface area (TPSA) is 57.4 Å². The lowest BCUT2D eigenvalue weighted by molar-refractivity contribution is 0.143. The maximum absolute atomic E-state index is 6.09. The van der Waals surface area contributed by atoms with Crippen LogP contribution in [0.3, 0.4) is 0 Å². The fourth-order valence-electron chi connectivity index (χ4n) is 2.71. The summed E-state index contributed by atoms with van der Waals surface area (Å²) in [6, 6.07) is 8.27. The standard InChI is InChI=1S/C16H20N2O2/c1-19-14-5-2-11-8-9-18-16(15(11)10-14)20-13-6-3-12(17)4-7-13/h2,5,8-10,12-13H,3-4,6-7,17H2,1H3. The summed E-state index contributed by atoms with van der Waals surface area (Å²) in [4.78, 5) is 4.39. The van der Waals surface area contributed by atoms with Gasteiger partial charge in [-0.15, -0.1) is 0 Å². The zero-order valence-electron chi connectivity index (χ0n) is 11.7. The molecule has 2 N–H and O–H groups in total. The van der Waals surface area contributed by atoms with E-state index in [-0.39, 0.29) is 6.10 Å². The van der Waals surface area contributed by atoms with Crippen LogP contribution < -0.4 is 15.2 Å². The molecular weight excluding hydrogens is 252 g/mol. The van der Waals surface area contributed by atoms with Crippen LogP contribution in [-0.2, 0) is 0 Å². The zero-order valence-corrected chi connectivity index (χ0v) is 11.7. The summed E-state index contributed by atoms with van der Waals surface area (Å²) in [7, 11) is 1.67. The van der Waals surface area contributed by atoms with Crippen molar-refractivity contribution in [3.63, 3.8) is 0 Å². The number of rotatable bonds is 3. The first-order chi connectivity index (χ1) is 9.76. The Morgan fingerprint density at radius 3 is 2.70 bits per heavy atom. The maximum Gasteiger partial charge on any atom is 0.221 e. The molecule has 3 rings (SSSR count). The number of nitrogens with two attached hydrogens (primary N) is 1. The molecule has 1 aromatic carbocycles. The van der Waals surface area contributed by atoms with Crippen molar-refractivity contribution >= 4 is 10.8 Å². The molecule has 1 saturated carbocycles. The van der Waals surface area contributed by atoms with Crippen LogP contribution in [0.5, 0.6) is 11.6 Å². The van der Waals surface area contributed by atoms with Crippen LogP contribution in [0.4, 0.5) is 0 Å². The summed E-state index contributed by atoms with van der Waals surface area (Å²) in [5, 5.41) is 2.12. The number of pyridine rings is 1. The van der Waals surface area contributed by atoms with E-state index in [2.05, 4.69) is 4.98 Å². The Bertz CT molecular complexity index is 592. The second-order valence-electron chi connectivity index (χ2n) is 5.36. The van der Waals surface area contributed by atoms with Crippen molar-refractivity contribution in [2.75, 3.05) is 7.11 Å². The molecule has 106 valence electrons. The van der Waals surface area contributed by atoms with E-state index < -0.39 is 0 Å². The first-order valence-corrected chi connectivity index (χ1v) is 7.11. The summed E-state index contributed by atoms with van der Waals surface area (Å²) in [5.41, 5.74) is 5.93. The van der Waals surface area contributed by atoms with Gasteiger partial charge in [-0.1, -0.05) is 6.07 Å². The first kappa shape index (κ1) is 13.2. The Morgan fingerprint density at radius 2 is 1.95 bits per heavy atom. The summed E-state index contributed by atoms with van der Waals surface area (Å²) in [6.07, 6.45) is 6.07. The molecule has 0 unspecified atom stereocenters. The van der Waals surface area contributed by atoms with Crippen molar-refractivity contribution in [2.24, 2.45) is 5.73 Å². The highest BCUT2D eigenvalue weighted by Gasteiger charge is 2.21. The largest absolute Gasteiger partial charge is 0.497 e. The highest BCUT2D eigenvalue weighted by molar-refractivity contribution is 5.87. The van der Waals surface area contributed by atoms with E-state index in [1.807, 2.05) is 24.3 Å². The Labute approximate surface area is 118 Å². The minimum atomic E-state index is 0.221. The van der Waals surface area contributed by atoms with E-state index in [1.165, 1.54) is 0 Å². The molecule has 1 aliphatic carbocycles. The molecule has 0 spiro atoms. The van der Waals surface area contributed by atoms with E-state index in [4.69, 9.17) is 15.2 Å². The van der Waals surface area contributed by atoms with Gasteiger partial charge in [0.05, 0.1) is 7.11 Å². The average Bonchev–Trinajstić information content (AvgIpc) is 2.49. The van der Waals surface area contributed by atoms with Crippen molar-refractivity contribution < 1.29 is 9.47 Å². The number of nitrogens with zero attached hydrogens (tertiary/aromatic N) is 1. The zero-order chi connectivity index (χ0) is 13.9.